The van der Waals surface area contributed by atoms with E-state index in [0.717, 1.165) is 0 Å². The second kappa shape index (κ2) is 44.4. The van der Waals surface area contributed by atoms with Crippen LogP contribution in [-0.4, -0.2) is 7.05 Å². The van der Waals surface area contributed by atoms with Crippen molar-refractivity contribution in [1.29, 1.82) is 0 Å². The molecule has 0 aromatic carbocycles. The van der Waals surface area contributed by atoms with Gasteiger partial charge in [0.25, 0.3) is 0 Å². The minimum absolute atomic E-state index is 1.36. The van der Waals surface area contributed by atoms with Gasteiger partial charge in [0, 0.05) is 0 Å². The first-order valence-corrected chi connectivity index (χ1v) is 12.3. The van der Waals surface area contributed by atoms with Crippen LogP contribution in [0.3, 0.4) is 0 Å². The maximum Gasteiger partial charge on any atom is -0.0195 e. The summed E-state index contributed by atoms with van der Waals surface area (Å²) in [6.45, 7) is 13.5. The first kappa shape index (κ1) is 33.5. The lowest BCUT2D eigenvalue weighted by Gasteiger charge is -1.93. The third-order valence-electron chi connectivity index (χ3n) is 4.37. The predicted octanol–water partition coefficient (Wildman–Crippen LogP) is 9.68. The Hall–Kier alpha value is -0.0400. The Labute approximate surface area is 170 Å². The molecule has 0 bridgehead atoms. The summed E-state index contributed by atoms with van der Waals surface area (Å²) in [6.07, 6.45) is 25.5. The summed E-state index contributed by atoms with van der Waals surface area (Å²) < 4.78 is 0. The Morgan fingerprint density at radius 3 is 0.462 bits per heavy atom. The van der Waals surface area contributed by atoms with Crippen molar-refractivity contribution in [2.24, 2.45) is 5.73 Å². The van der Waals surface area contributed by atoms with Gasteiger partial charge in [0.05, 0.1) is 0 Å². The van der Waals surface area contributed by atoms with Gasteiger partial charge in [0.1, 0.15) is 0 Å². The van der Waals surface area contributed by atoms with Crippen LogP contribution < -0.4 is 5.73 Å². The fourth-order valence-electron chi connectivity index (χ4n) is 2.56. The van der Waals surface area contributed by atoms with E-state index in [-0.39, 0.29) is 0 Å². The van der Waals surface area contributed by atoms with E-state index in [0.29, 0.717) is 0 Å². The molecule has 0 heterocycles. The van der Waals surface area contributed by atoms with E-state index >= 15 is 0 Å². The van der Waals surface area contributed by atoms with Gasteiger partial charge in [-0.15, -0.1) is 0 Å². The molecule has 0 saturated heterocycles. The Balaban J connectivity index is -0.000000133. The maximum absolute atomic E-state index is 4.50. The Morgan fingerprint density at radius 2 is 0.385 bits per heavy atom. The molecule has 0 aliphatic carbocycles. The monoisotopic (exact) mass is 373 g/mol. The van der Waals surface area contributed by atoms with E-state index in [1.54, 1.807) is 0 Å². The van der Waals surface area contributed by atoms with Gasteiger partial charge >= 0.3 is 0 Å². The van der Waals surface area contributed by atoms with E-state index in [2.05, 4.69) is 47.3 Å². The molecule has 0 aliphatic heterocycles. The molecule has 0 spiro atoms. The van der Waals surface area contributed by atoms with Crippen molar-refractivity contribution in [3.63, 3.8) is 0 Å². The Bertz CT molecular complexity index is 110. The molecule has 26 heavy (non-hydrogen) atoms. The lowest BCUT2D eigenvalue weighted by atomic mass is 10.1. The van der Waals surface area contributed by atoms with Crippen LogP contribution in [0.15, 0.2) is 0 Å². The van der Waals surface area contributed by atoms with Crippen molar-refractivity contribution in [2.45, 2.75) is 157 Å². The zero-order valence-electron chi connectivity index (χ0n) is 20.3. The molecule has 0 rings (SSSR count). The van der Waals surface area contributed by atoms with Gasteiger partial charge in [-0.3, -0.25) is 0 Å². The highest BCUT2D eigenvalue weighted by Crippen LogP contribution is 2.04. The van der Waals surface area contributed by atoms with Crippen LogP contribution in [0.2, 0.25) is 0 Å². The van der Waals surface area contributed by atoms with Crippen molar-refractivity contribution in [3.05, 3.63) is 0 Å². The molecule has 0 aromatic rings. The lowest BCUT2D eigenvalue weighted by Crippen LogP contribution is -1.73. The van der Waals surface area contributed by atoms with Crippen LogP contribution in [0.4, 0.5) is 0 Å². The van der Waals surface area contributed by atoms with Gasteiger partial charge in [-0.2, -0.15) is 0 Å². The van der Waals surface area contributed by atoms with Crippen LogP contribution in [0.5, 0.6) is 0 Å². The number of rotatable bonds is 15. The third kappa shape index (κ3) is 56.4. The molecule has 0 aromatic heterocycles. The molecular weight excluding hydrogens is 314 g/mol. The molecule has 2 N–H and O–H groups in total. The van der Waals surface area contributed by atoms with Gasteiger partial charge in [-0.05, 0) is 7.05 Å². The smallest absolute Gasteiger partial charge is 0.0195 e. The zero-order chi connectivity index (χ0) is 20.7. The van der Waals surface area contributed by atoms with E-state index in [1.807, 2.05) is 0 Å². The quantitative estimate of drug-likeness (QED) is 0.284. The van der Waals surface area contributed by atoms with Gasteiger partial charge in [0.15, 0.2) is 0 Å². The van der Waals surface area contributed by atoms with E-state index < -0.39 is 0 Å². The van der Waals surface area contributed by atoms with Crippen molar-refractivity contribution >= 4 is 0 Å². The van der Waals surface area contributed by atoms with Crippen LogP contribution in [0.1, 0.15) is 157 Å². The summed E-state index contributed by atoms with van der Waals surface area (Å²) in [5, 5.41) is 0. The average Bonchev–Trinajstić information content (AvgIpc) is 2.69. The van der Waals surface area contributed by atoms with Crippen molar-refractivity contribution in [2.75, 3.05) is 7.05 Å². The SMILES string of the molecule is CCCCCCCC.CCCCCCCC.CCCCCCCC.CN. The molecule has 164 valence electrons. The molecule has 0 unspecified atom stereocenters. The summed E-state index contributed by atoms with van der Waals surface area (Å²) in [4.78, 5) is 0. The number of unbranched alkanes of at least 4 members (excludes halogenated alkanes) is 15. The number of nitrogens with two attached hydrogens (primary N) is 1. The molecule has 1 heteroatoms. The molecule has 0 atom stereocenters. The lowest BCUT2D eigenvalue weighted by molar-refractivity contribution is 0.624. The normalized spacial score (nSPS) is 9.23. The van der Waals surface area contributed by atoms with Crippen molar-refractivity contribution in [1.82, 2.24) is 0 Å². The van der Waals surface area contributed by atoms with E-state index in [1.165, 1.54) is 123 Å². The zero-order valence-corrected chi connectivity index (χ0v) is 20.3. The molecule has 0 amide bonds. The van der Waals surface area contributed by atoms with Crippen LogP contribution in [0, 0.1) is 0 Å². The van der Waals surface area contributed by atoms with Gasteiger partial charge < -0.3 is 5.73 Å². The highest BCUT2D eigenvalue weighted by atomic mass is 14.4. The largest absolute Gasteiger partial charge is 0.333 e. The molecule has 0 radical (unpaired) electrons. The van der Waals surface area contributed by atoms with Gasteiger partial charge in [0.2, 0.25) is 0 Å². The van der Waals surface area contributed by atoms with E-state index in [4.69, 9.17) is 0 Å². The molecular formula is C25H59N. The Morgan fingerprint density at radius 1 is 0.269 bits per heavy atom. The minimum Gasteiger partial charge on any atom is -0.333 e. The summed E-state index contributed by atoms with van der Waals surface area (Å²) in [6, 6.07) is 0. The van der Waals surface area contributed by atoms with E-state index in [9.17, 15) is 0 Å². The summed E-state index contributed by atoms with van der Waals surface area (Å²) >= 11 is 0. The van der Waals surface area contributed by atoms with Crippen LogP contribution in [0.25, 0.3) is 0 Å². The highest BCUT2D eigenvalue weighted by molar-refractivity contribution is 4.40. The van der Waals surface area contributed by atoms with Crippen LogP contribution in [-0.2, 0) is 0 Å². The Kier molecular flexibility index (Phi) is 57.3. The standard InChI is InChI=1S/3C8H18.CH5N/c3*1-3-5-7-8-6-4-2;1-2/h3*3-8H2,1-2H3;2H2,1H3. The average molecular weight is 374 g/mol. The molecule has 0 aliphatic rings. The van der Waals surface area contributed by atoms with Crippen molar-refractivity contribution in [3.8, 4) is 0 Å². The fraction of sp³-hybridized carbons (Fsp3) is 1.00. The first-order valence-electron chi connectivity index (χ1n) is 12.3. The summed E-state index contributed by atoms with van der Waals surface area (Å²) in [5.41, 5.74) is 4.50. The van der Waals surface area contributed by atoms with Gasteiger partial charge in [-0.25, -0.2) is 0 Å². The summed E-state index contributed by atoms with van der Waals surface area (Å²) in [5.74, 6) is 0. The molecule has 0 saturated carbocycles. The first-order chi connectivity index (χ1) is 12.7. The molecule has 1 nitrogen and oxygen atoms in total. The minimum atomic E-state index is 1.36. The predicted molar refractivity (Wildman–Crippen MR) is 127 cm³/mol. The van der Waals surface area contributed by atoms with Gasteiger partial charge in [-0.1, -0.05) is 157 Å². The summed E-state index contributed by atoms with van der Waals surface area (Å²) in [7, 11) is 1.50. The third-order valence-corrected chi connectivity index (χ3v) is 4.37. The number of hydrogen-bond acceptors (Lipinski definition) is 1. The second-order valence-electron chi connectivity index (χ2n) is 7.24. The number of hydrogen-bond donors (Lipinski definition) is 1. The highest BCUT2D eigenvalue weighted by Gasteiger charge is 1.84. The molecule has 0 fully saturated rings. The second-order valence-corrected chi connectivity index (χ2v) is 7.24. The topological polar surface area (TPSA) is 26.0 Å². The fourth-order valence-corrected chi connectivity index (χ4v) is 2.56. The van der Waals surface area contributed by atoms with Crippen LogP contribution >= 0.6 is 0 Å². The van der Waals surface area contributed by atoms with Crippen molar-refractivity contribution < 1.29 is 0 Å². The maximum atomic E-state index is 4.50.